The van der Waals surface area contributed by atoms with E-state index in [1.165, 1.54) is 12.8 Å². The van der Waals surface area contributed by atoms with Crippen molar-refractivity contribution in [1.29, 1.82) is 0 Å². The van der Waals surface area contributed by atoms with Crippen LogP contribution >= 0.6 is 0 Å². The Hall–Kier alpha value is -1.12. The molecule has 13 heavy (non-hydrogen) atoms. The third-order valence-electron chi connectivity index (χ3n) is 1.71. The highest BCUT2D eigenvalue weighted by Gasteiger charge is 2.21. The SMILES string of the molecule is CC.Cc1ccnc(NC2CC2)n1. The number of nitrogens with one attached hydrogen (secondary N) is 1. The van der Waals surface area contributed by atoms with E-state index in [1.54, 1.807) is 6.20 Å². The van der Waals surface area contributed by atoms with Crippen LogP contribution in [0.1, 0.15) is 32.4 Å². The first-order valence-corrected chi connectivity index (χ1v) is 4.91. The molecule has 72 valence electrons. The van der Waals surface area contributed by atoms with Gasteiger partial charge in [0.1, 0.15) is 0 Å². The molecule has 1 N–H and O–H groups in total. The molecule has 0 amide bonds. The van der Waals surface area contributed by atoms with Crippen LogP contribution in [0.3, 0.4) is 0 Å². The van der Waals surface area contributed by atoms with E-state index in [-0.39, 0.29) is 0 Å². The van der Waals surface area contributed by atoms with Gasteiger partial charge in [0.15, 0.2) is 0 Å². The molecule has 0 bridgehead atoms. The number of anilines is 1. The molecule has 0 atom stereocenters. The summed E-state index contributed by atoms with van der Waals surface area (Å²) >= 11 is 0. The van der Waals surface area contributed by atoms with E-state index in [4.69, 9.17) is 0 Å². The summed E-state index contributed by atoms with van der Waals surface area (Å²) < 4.78 is 0. The molecule has 1 aliphatic carbocycles. The minimum Gasteiger partial charge on any atom is -0.351 e. The lowest BCUT2D eigenvalue weighted by Crippen LogP contribution is -2.05. The maximum absolute atomic E-state index is 4.23. The second-order valence-electron chi connectivity index (χ2n) is 2.94. The van der Waals surface area contributed by atoms with Crippen molar-refractivity contribution in [3.8, 4) is 0 Å². The predicted molar refractivity (Wildman–Crippen MR) is 54.8 cm³/mol. The molecule has 0 aromatic carbocycles. The highest BCUT2D eigenvalue weighted by Crippen LogP contribution is 2.22. The van der Waals surface area contributed by atoms with E-state index in [1.807, 2.05) is 26.8 Å². The van der Waals surface area contributed by atoms with Gasteiger partial charge in [-0.3, -0.25) is 0 Å². The van der Waals surface area contributed by atoms with Crippen LogP contribution in [0.4, 0.5) is 5.95 Å². The summed E-state index contributed by atoms with van der Waals surface area (Å²) in [5.74, 6) is 0.771. The summed E-state index contributed by atoms with van der Waals surface area (Å²) in [5.41, 5.74) is 1.02. The van der Waals surface area contributed by atoms with E-state index >= 15 is 0 Å². The summed E-state index contributed by atoms with van der Waals surface area (Å²) in [6.07, 6.45) is 4.31. The van der Waals surface area contributed by atoms with Crippen molar-refractivity contribution in [2.75, 3.05) is 5.32 Å². The topological polar surface area (TPSA) is 37.8 Å². The first-order chi connectivity index (χ1) is 6.34. The number of aromatic nitrogens is 2. The van der Waals surface area contributed by atoms with Crippen LogP contribution in [0, 0.1) is 6.92 Å². The van der Waals surface area contributed by atoms with E-state index < -0.39 is 0 Å². The molecule has 3 heteroatoms. The maximum atomic E-state index is 4.23. The predicted octanol–water partition coefficient (Wildman–Crippen LogP) is 2.39. The van der Waals surface area contributed by atoms with Crippen molar-refractivity contribution in [1.82, 2.24) is 9.97 Å². The van der Waals surface area contributed by atoms with Crippen LogP contribution in [-0.2, 0) is 0 Å². The number of hydrogen-bond acceptors (Lipinski definition) is 3. The smallest absolute Gasteiger partial charge is 0.223 e. The van der Waals surface area contributed by atoms with Crippen molar-refractivity contribution >= 4 is 5.95 Å². The number of hydrogen-bond donors (Lipinski definition) is 1. The van der Waals surface area contributed by atoms with Crippen molar-refractivity contribution < 1.29 is 0 Å². The Morgan fingerprint density at radius 1 is 1.38 bits per heavy atom. The molecule has 0 aliphatic heterocycles. The van der Waals surface area contributed by atoms with Crippen LogP contribution in [-0.4, -0.2) is 16.0 Å². The van der Waals surface area contributed by atoms with Gasteiger partial charge in [-0.15, -0.1) is 0 Å². The zero-order chi connectivity index (χ0) is 9.68. The Labute approximate surface area is 79.6 Å². The molecule has 0 radical (unpaired) electrons. The molecule has 1 saturated carbocycles. The molecule has 0 unspecified atom stereocenters. The minimum atomic E-state index is 0.636. The quantitative estimate of drug-likeness (QED) is 0.757. The Morgan fingerprint density at radius 3 is 2.62 bits per heavy atom. The molecule has 0 saturated heterocycles. The molecule has 1 aromatic rings. The lowest BCUT2D eigenvalue weighted by Gasteiger charge is -2.00. The van der Waals surface area contributed by atoms with E-state index in [2.05, 4.69) is 15.3 Å². The highest BCUT2D eigenvalue weighted by atomic mass is 15.1. The fraction of sp³-hybridized carbons (Fsp3) is 0.600. The van der Waals surface area contributed by atoms with Crippen LogP contribution in [0.5, 0.6) is 0 Å². The molecular formula is C10H17N3. The Bertz CT molecular complexity index is 256. The molecule has 1 fully saturated rings. The van der Waals surface area contributed by atoms with Crippen LogP contribution in [0.25, 0.3) is 0 Å². The van der Waals surface area contributed by atoms with Gasteiger partial charge in [0.25, 0.3) is 0 Å². The number of nitrogens with zero attached hydrogens (tertiary/aromatic N) is 2. The number of aryl methyl sites for hydroxylation is 1. The van der Waals surface area contributed by atoms with Gasteiger partial charge in [0, 0.05) is 17.9 Å². The molecular weight excluding hydrogens is 162 g/mol. The minimum absolute atomic E-state index is 0.636. The summed E-state index contributed by atoms with van der Waals surface area (Å²) in [5, 5.41) is 3.23. The first kappa shape index (κ1) is 9.96. The van der Waals surface area contributed by atoms with Gasteiger partial charge in [0.2, 0.25) is 5.95 Å². The fourth-order valence-corrected chi connectivity index (χ4v) is 0.929. The Morgan fingerprint density at radius 2 is 2.08 bits per heavy atom. The van der Waals surface area contributed by atoms with Gasteiger partial charge in [-0.2, -0.15) is 0 Å². The zero-order valence-corrected chi connectivity index (χ0v) is 8.54. The van der Waals surface area contributed by atoms with Gasteiger partial charge >= 0.3 is 0 Å². The van der Waals surface area contributed by atoms with Crippen LogP contribution < -0.4 is 5.32 Å². The monoisotopic (exact) mass is 179 g/mol. The first-order valence-electron chi connectivity index (χ1n) is 4.91. The number of rotatable bonds is 2. The van der Waals surface area contributed by atoms with Crippen LogP contribution in [0.15, 0.2) is 12.3 Å². The van der Waals surface area contributed by atoms with E-state index in [0.717, 1.165) is 11.6 Å². The molecule has 2 rings (SSSR count). The summed E-state index contributed by atoms with van der Waals surface area (Å²) in [7, 11) is 0. The summed E-state index contributed by atoms with van der Waals surface area (Å²) in [6, 6.07) is 2.54. The Kier molecular flexibility index (Phi) is 3.68. The Balaban J connectivity index is 0.000000396. The standard InChI is InChI=1S/C8H11N3.C2H6/c1-6-4-5-9-8(10-6)11-7-2-3-7;1-2/h4-5,7H,2-3H2,1H3,(H,9,10,11);1-2H3. The molecule has 1 aliphatic rings. The van der Waals surface area contributed by atoms with E-state index in [9.17, 15) is 0 Å². The van der Waals surface area contributed by atoms with Crippen molar-refractivity contribution in [2.45, 2.75) is 39.7 Å². The lowest BCUT2D eigenvalue weighted by molar-refractivity contribution is 1.03. The van der Waals surface area contributed by atoms with Gasteiger partial charge in [-0.25, -0.2) is 9.97 Å². The van der Waals surface area contributed by atoms with Gasteiger partial charge in [0.05, 0.1) is 0 Å². The zero-order valence-electron chi connectivity index (χ0n) is 8.54. The molecule has 3 nitrogen and oxygen atoms in total. The van der Waals surface area contributed by atoms with E-state index in [0.29, 0.717) is 6.04 Å². The average Bonchev–Trinajstić information content (AvgIpc) is 2.92. The molecule has 0 spiro atoms. The van der Waals surface area contributed by atoms with Crippen molar-refractivity contribution in [3.05, 3.63) is 18.0 Å². The second kappa shape index (κ2) is 4.80. The van der Waals surface area contributed by atoms with Crippen molar-refractivity contribution in [3.63, 3.8) is 0 Å². The summed E-state index contributed by atoms with van der Waals surface area (Å²) in [4.78, 5) is 8.33. The van der Waals surface area contributed by atoms with Gasteiger partial charge in [-0.05, 0) is 25.8 Å². The fourth-order valence-electron chi connectivity index (χ4n) is 0.929. The maximum Gasteiger partial charge on any atom is 0.223 e. The van der Waals surface area contributed by atoms with Gasteiger partial charge < -0.3 is 5.32 Å². The van der Waals surface area contributed by atoms with Crippen molar-refractivity contribution in [2.24, 2.45) is 0 Å². The lowest BCUT2D eigenvalue weighted by atomic mass is 10.5. The average molecular weight is 179 g/mol. The summed E-state index contributed by atoms with van der Waals surface area (Å²) in [6.45, 7) is 5.97. The van der Waals surface area contributed by atoms with Crippen LogP contribution in [0.2, 0.25) is 0 Å². The highest BCUT2D eigenvalue weighted by molar-refractivity contribution is 5.28. The van der Waals surface area contributed by atoms with Gasteiger partial charge in [-0.1, -0.05) is 13.8 Å². The second-order valence-corrected chi connectivity index (χ2v) is 2.94. The largest absolute Gasteiger partial charge is 0.351 e. The molecule has 1 aromatic heterocycles. The normalized spacial score (nSPS) is 14.4. The molecule has 1 heterocycles. The third kappa shape index (κ3) is 3.40. The third-order valence-corrected chi connectivity index (χ3v) is 1.71.